The number of rotatable bonds is 16. The van der Waals surface area contributed by atoms with Crippen molar-refractivity contribution < 1.29 is 24.0 Å². The van der Waals surface area contributed by atoms with E-state index in [9.17, 15) is 24.0 Å². The van der Waals surface area contributed by atoms with Gasteiger partial charge in [-0.15, -0.1) is 11.8 Å². The summed E-state index contributed by atoms with van der Waals surface area (Å²) in [4.78, 5) is 85.0. The SMILES string of the molecule is Cc1cncc(/C=C/C(=O)NCCCCC2CCN(C(=O)c3ccc(N4CCN(CCCCSc5cccc6c5CN(C5CCC(=O)NC5=O)C6=O)C4)cn3)CC2)n1. The highest BCUT2D eigenvalue weighted by molar-refractivity contribution is 7.99. The Hall–Kier alpha value is -5.15. The Morgan fingerprint density at radius 1 is 0.966 bits per heavy atom. The van der Waals surface area contributed by atoms with E-state index in [-0.39, 0.29) is 36.0 Å². The van der Waals surface area contributed by atoms with E-state index in [1.54, 1.807) is 35.1 Å². The first-order chi connectivity index (χ1) is 28.2. The molecular weight excluding hydrogens is 755 g/mol. The summed E-state index contributed by atoms with van der Waals surface area (Å²) in [6.07, 6.45) is 16.0. The highest BCUT2D eigenvalue weighted by Crippen LogP contribution is 2.35. The van der Waals surface area contributed by atoms with Gasteiger partial charge < -0.3 is 20.0 Å². The van der Waals surface area contributed by atoms with Crippen LogP contribution in [0, 0.1) is 12.8 Å². The Balaban J connectivity index is 0.759. The van der Waals surface area contributed by atoms with Gasteiger partial charge in [-0.1, -0.05) is 18.9 Å². The number of imide groups is 1. The molecule has 306 valence electrons. The number of likely N-dealkylation sites (tertiary alicyclic amines) is 1. The molecule has 7 rings (SSSR count). The van der Waals surface area contributed by atoms with E-state index in [1.807, 2.05) is 42.3 Å². The maximum absolute atomic E-state index is 13.3. The third-order valence-electron chi connectivity index (χ3n) is 11.5. The van der Waals surface area contributed by atoms with Crippen molar-refractivity contribution in [1.29, 1.82) is 0 Å². The second-order valence-corrected chi connectivity index (χ2v) is 16.7. The van der Waals surface area contributed by atoms with Crippen molar-refractivity contribution >= 4 is 53.1 Å². The van der Waals surface area contributed by atoms with Gasteiger partial charge in [0.25, 0.3) is 11.8 Å². The van der Waals surface area contributed by atoms with Crippen LogP contribution >= 0.6 is 11.8 Å². The van der Waals surface area contributed by atoms with Gasteiger partial charge in [-0.2, -0.15) is 0 Å². The lowest BCUT2D eigenvalue weighted by Crippen LogP contribution is -2.52. The van der Waals surface area contributed by atoms with Crippen molar-refractivity contribution in [2.75, 3.05) is 56.6 Å². The first kappa shape index (κ1) is 41.0. The average molecular weight is 808 g/mol. The molecule has 58 heavy (non-hydrogen) atoms. The molecule has 1 atom stereocenters. The normalized spacial score (nSPS) is 18.9. The monoisotopic (exact) mass is 807 g/mol. The van der Waals surface area contributed by atoms with E-state index < -0.39 is 6.04 Å². The molecular formula is C43H53N9O5S. The Kier molecular flexibility index (Phi) is 13.8. The predicted molar refractivity (Wildman–Crippen MR) is 222 cm³/mol. The van der Waals surface area contributed by atoms with Crippen LogP contribution in [-0.2, 0) is 20.9 Å². The Morgan fingerprint density at radius 2 is 1.83 bits per heavy atom. The molecule has 1 unspecified atom stereocenters. The minimum Gasteiger partial charge on any atom is -0.356 e. The number of thioether (sulfide) groups is 1. The Morgan fingerprint density at radius 3 is 2.62 bits per heavy atom. The standard InChI is InChI=1S/C43H53N9O5S/c1-30-25-44-26-32(47-30)10-14-39(53)45-18-3-2-7-31-16-20-50(21-17-31)43(57)36-12-11-33(27-46-36)51-23-22-49(29-51)19-4-5-24-58-38-9-6-8-34-35(38)28-52(42(34)56)37-13-15-40(54)48-41(37)55/h6,8-12,14,25-27,31,37H,2-5,7,13,15-24,28-29H2,1H3,(H,45,53)(H,48,54,55)/b14-10+. The number of benzene rings is 1. The number of hydrogen-bond acceptors (Lipinski definition) is 11. The summed E-state index contributed by atoms with van der Waals surface area (Å²) in [6, 6.07) is 9.07. The zero-order valence-corrected chi connectivity index (χ0v) is 34.1. The number of nitrogens with zero attached hydrogens (tertiary/aromatic N) is 7. The average Bonchev–Trinajstić information content (AvgIpc) is 3.84. The van der Waals surface area contributed by atoms with Gasteiger partial charge >= 0.3 is 0 Å². The van der Waals surface area contributed by atoms with Gasteiger partial charge in [0.15, 0.2) is 0 Å². The molecule has 3 aromatic rings. The Labute approximate surface area is 344 Å². The third kappa shape index (κ3) is 10.5. The molecule has 3 fully saturated rings. The zero-order chi connectivity index (χ0) is 40.4. The second kappa shape index (κ2) is 19.5. The van der Waals surface area contributed by atoms with Crippen LogP contribution in [0.2, 0.25) is 0 Å². The topological polar surface area (TPSA) is 161 Å². The van der Waals surface area contributed by atoms with Gasteiger partial charge in [-0.25, -0.2) is 4.98 Å². The first-order valence-electron chi connectivity index (χ1n) is 20.6. The van der Waals surface area contributed by atoms with Crippen LogP contribution in [-0.4, -0.2) is 117 Å². The van der Waals surface area contributed by atoms with Gasteiger partial charge in [0.1, 0.15) is 11.7 Å². The number of amides is 5. The highest BCUT2D eigenvalue weighted by atomic mass is 32.2. The number of fused-ring (bicyclic) bond motifs is 1. The van der Waals surface area contributed by atoms with Gasteiger partial charge in [-0.3, -0.25) is 44.2 Å². The molecule has 15 heteroatoms. The summed E-state index contributed by atoms with van der Waals surface area (Å²) in [7, 11) is 0. The lowest BCUT2D eigenvalue weighted by Gasteiger charge is -2.32. The molecule has 5 amide bonds. The van der Waals surface area contributed by atoms with Crippen molar-refractivity contribution in [1.82, 2.24) is 40.3 Å². The smallest absolute Gasteiger partial charge is 0.272 e. The second-order valence-electron chi connectivity index (χ2n) is 15.6. The zero-order valence-electron chi connectivity index (χ0n) is 33.2. The van der Waals surface area contributed by atoms with E-state index in [4.69, 9.17) is 0 Å². The quantitative estimate of drug-likeness (QED) is 0.0912. The lowest BCUT2D eigenvalue weighted by atomic mass is 9.91. The van der Waals surface area contributed by atoms with Crippen molar-refractivity contribution in [3.8, 4) is 0 Å². The van der Waals surface area contributed by atoms with Crippen molar-refractivity contribution in [3.63, 3.8) is 0 Å². The van der Waals surface area contributed by atoms with E-state index >= 15 is 0 Å². The van der Waals surface area contributed by atoms with Crippen LogP contribution < -0.4 is 15.5 Å². The fraction of sp³-hybridized carbons (Fsp3) is 0.488. The van der Waals surface area contributed by atoms with Crippen LogP contribution in [0.1, 0.15) is 95.6 Å². The van der Waals surface area contributed by atoms with Crippen molar-refractivity contribution in [2.45, 2.75) is 82.2 Å². The van der Waals surface area contributed by atoms with Crippen LogP contribution in [0.4, 0.5) is 5.69 Å². The molecule has 2 N–H and O–H groups in total. The highest BCUT2D eigenvalue weighted by Gasteiger charge is 2.40. The van der Waals surface area contributed by atoms with E-state index in [2.05, 4.69) is 41.5 Å². The largest absolute Gasteiger partial charge is 0.356 e. The van der Waals surface area contributed by atoms with Crippen LogP contribution in [0.25, 0.3) is 6.08 Å². The number of aryl methyl sites for hydroxylation is 1. The number of carbonyl (C=O) groups excluding carboxylic acids is 5. The Bertz CT molecular complexity index is 2000. The van der Waals surface area contributed by atoms with Crippen LogP contribution in [0.5, 0.6) is 0 Å². The third-order valence-corrected chi connectivity index (χ3v) is 12.7. The molecule has 6 heterocycles. The molecule has 1 aromatic carbocycles. The predicted octanol–water partition coefficient (Wildman–Crippen LogP) is 4.45. The summed E-state index contributed by atoms with van der Waals surface area (Å²) >= 11 is 1.76. The fourth-order valence-electron chi connectivity index (χ4n) is 8.19. The van der Waals surface area contributed by atoms with Gasteiger partial charge in [-0.05, 0) is 99.6 Å². The van der Waals surface area contributed by atoms with E-state index in [1.165, 1.54) is 6.08 Å². The summed E-state index contributed by atoms with van der Waals surface area (Å²) in [5.41, 5.74) is 4.63. The molecule has 4 aliphatic rings. The number of unbranched alkanes of at least 4 members (excludes halogenated alkanes) is 2. The van der Waals surface area contributed by atoms with Gasteiger partial charge in [0.05, 0.1) is 36.1 Å². The molecule has 0 spiro atoms. The number of nitrogens with one attached hydrogen (secondary N) is 2. The summed E-state index contributed by atoms with van der Waals surface area (Å²) < 4.78 is 0. The minimum absolute atomic E-state index is 0.00275. The van der Waals surface area contributed by atoms with E-state index in [0.717, 1.165) is 112 Å². The van der Waals surface area contributed by atoms with Crippen LogP contribution in [0.15, 0.2) is 59.9 Å². The number of aromatic nitrogens is 3. The van der Waals surface area contributed by atoms with Crippen molar-refractivity contribution in [2.24, 2.45) is 5.92 Å². The number of piperidine rings is 2. The van der Waals surface area contributed by atoms with Gasteiger partial charge in [0, 0.05) is 68.4 Å². The maximum Gasteiger partial charge on any atom is 0.272 e. The maximum atomic E-state index is 13.3. The summed E-state index contributed by atoms with van der Waals surface area (Å²) in [5, 5.41) is 5.31. The molecule has 3 saturated heterocycles. The molecule has 0 saturated carbocycles. The fourth-order valence-corrected chi connectivity index (χ4v) is 9.28. The minimum atomic E-state index is -0.603. The van der Waals surface area contributed by atoms with Crippen LogP contribution in [0.3, 0.4) is 0 Å². The number of pyridine rings is 1. The number of anilines is 1. The van der Waals surface area contributed by atoms with Gasteiger partial charge in [0.2, 0.25) is 17.7 Å². The summed E-state index contributed by atoms with van der Waals surface area (Å²) in [6.45, 7) is 8.09. The molecule has 0 bridgehead atoms. The molecule has 0 radical (unpaired) electrons. The number of hydrogen-bond donors (Lipinski definition) is 2. The molecule has 0 aliphatic carbocycles. The van der Waals surface area contributed by atoms with E-state index in [0.29, 0.717) is 42.4 Å². The number of carbonyl (C=O) groups is 5. The lowest BCUT2D eigenvalue weighted by molar-refractivity contribution is -0.137. The molecule has 2 aromatic heterocycles. The van der Waals surface area contributed by atoms with Crippen molar-refractivity contribution in [3.05, 3.63) is 83.2 Å². The molecule has 14 nitrogen and oxygen atoms in total. The molecule has 4 aliphatic heterocycles. The first-order valence-corrected chi connectivity index (χ1v) is 21.6. The summed E-state index contributed by atoms with van der Waals surface area (Å²) in [5.74, 6) is 0.584.